The molecule has 0 bridgehead atoms. The van der Waals surface area contributed by atoms with Crippen LogP contribution in [0.5, 0.6) is 0 Å². The first kappa shape index (κ1) is 41.4. The van der Waals surface area contributed by atoms with Crippen molar-refractivity contribution in [2.45, 2.75) is 132 Å². The van der Waals surface area contributed by atoms with Gasteiger partial charge in [0.05, 0.1) is 42.3 Å². The van der Waals surface area contributed by atoms with Crippen molar-refractivity contribution in [1.29, 1.82) is 0 Å². The van der Waals surface area contributed by atoms with Crippen LogP contribution in [0.3, 0.4) is 0 Å². The number of halogens is 6. The minimum atomic E-state index is -4.66. The molecule has 2 aliphatic carbocycles. The molecular weight excluding hydrogens is 802 g/mol. The van der Waals surface area contributed by atoms with Gasteiger partial charge in [0.2, 0.25) is 11.9 Å². The highest BCUT2D eigenvalue weighted by atomic mass is 19.4. The molecule has 0 radical (unpaired) electrons. The van der Waals surface area contributed by atoms with E-state index >= 15 is 0 Å². The highest BCUT2D eigenvalue weighted by Crippen LogP contribution is 2.43. The summed E-state index contributed by atoms with van der Waals surface area (Å²) in [5.41, 5.74) is -3.53. The maximum absolute atomic E-state index is 13.7. The Labute approximate surface area is 338 Å². The molecular formula is C38H44F6N12O4. The van der Waals surface area contributed by atoms with Gasteiger partial charge in [-0.2, -0.15) is 46.5 Å². The molecule has 4 fully saturated rings. The van der Waals surface area contributed by atoms with Crippen LogP contribution >= 0.6 is 0 Å². The Hall–Kier alpha value is -5.38. The largest absolute Gasteiger partial charge is 0.421 e. The van der Waals surface area contributed by atoms with Crippen LogP contribution in [0.2, 0.25) is 0 Å². The zero-order chi connectivity index (χ0) is 42.6. The molecule has 0 aromatic carbocycles. The molecule has 8 rings (SSSR count). The Morgan fingerprint density at radius 1 is 0.767 bits per heavy atom. The third kappa shape index (κ3) is 9.64. The zero-order valence-electron chi connectivity index (χ0n) is 32.9. The number of hydrogen-bond acceptors (Lipinski definition) is 14. The van der Waals surface area contributed by atoms with Gasteiger partial charge in [-0.15, -0.1) is 0 Å². The minimum absolute atomic E-state index is 0.118. The topological polar surface area (TPSA) is 188 Å². The van der Waals surface area contributed by atoms with E-state index in [1.54, 1.807) is 0 Å². The van der Waals surface area contributed by atoms with Gasteiger partial charge in [0.25, 0.3) is 11.1 Å². The number of nitrogens with zero attached hydrogens (tertiary/aromatic N) is 8. The quantitative estimate of drug-likeness (QED) is 0.110. The minimum Gasteiger partial charge on any atom is -0.378 e. The van der Waals surface area contributed by atoms with E-state index in [4.69, 9.17) is 9.47 Å². The van der Waals surface area contributed by atoms with E-state index in [-0.39, 0.29) is 71.0 Å². The predicted octanol–water partition coefficient (Wildman–Crippen LogP) is 6.75. The monoisotopic (exact) mass is 846 g/mol. The van der Waals surface area contributed by atoms with E-state index in [1.807, 2.05) is 20.8 Å². The summed E-state index contributed by atoms with van der Waals surface area (Å²) < 4.78 is 97.2. The molecule has 6 heterocycles. The molecule has 4 N–H and O–H groups in total. The van der Waals surface area contributed by atoms with E-state index in [9.17, 15) is 35.9 Å². The number of alkyl halides is 6. The number of anilines is 6. The van der Waals surface area contributed by atoms with Crippen molar-refractivity contribution in [3.8, 4) is 0 Å². The van der Waals surface area contributed by atoms with Gasteiger partial charge >= 0.3 is 12.4 Å². The zero-order valence-corrected chi connectivity index (χ0v) is 32.9. The maximum Gasteiger partial charge on any atom is 0.421 e. The summed E-state index contributed by atoms with van der Waals surface area (Å²) >= 11 is 0. The van der Waals surface area contributed by atoms with Gasteiger partial charge < -0.3 is 30.7 Å². The first-order chi connectivity index (χ1) is 28.3. The second-order valence-corrected chi connectivity index (χ2v) is 16.7. The Morgan fingerprint density at radius 2 is 1.37 bits per heavy atom. The highest BCUT2D eigenvalue weighted by Gasteiger charge is 2.43. The van der Waals surface area contributed by atoms with Crippen LogP contribution < -0.4 is 32.4 Å². The van der Waals surface area contributed by atoms with E-state index in [2.05, 4.69) is 51.4 Å². The summed E-state index contributed by atoms with van der Waals surface area (Å²) in [4.78, 5) is 42.3. The maximum atomic E-state index is 13.7. The van der Waals surface area contributed by atoms with Gasteiger partial charge in [-0.25, -0.2) is 19.3 Å². The lowest BCUT2D eigenvalue weighted by Crippen LogP contribution is -2.41. The third-order valence-corrected chi connectivity index (χ3v) is 11.3. The van der Waals surface area contributed by atoms with Gasteiger partial charge in [0.15, 0.2) is 5.82 Å². The van der Waals surface area contributed by atoms with Crippen LogP contribution in [0.4, 0.5) is 61.4 Å². The van der Waals surface area contributed by atoms with E-state index in [0.29, 0.717) is 76.8 Å². The van der Waals surface area contributed by atoms with E-state index < -0.39 is 40.1 Å². The second-order valence-electron chi connectivity index (χ2n) is 16.7. The summed E-state index contributed by atoms with van der Waals surface area (Å²) in [5, 5.41) is 20.3. The van der Waals surface area contributed by atoms with E-state index in [1.165, 1.54) is 33.8 Å². The number of rotatable bonds is 12. The standard InChI is InChI=1S/C38H44F6N12O4/c1-20-12-23(56-29(57)5-4-28(54-56)49-34-46-19-27(38(42,43)44)32(51-34)53-36(3)9-10-36)15-25(60-20)16-24-14-22(6-11-59-24)55-30(58)13-21(17-47-55)48-33-45-18-26(37(39,40)41)31(50-33)52-35(2)7-8-35/h4-5,13,17-20,22-25H,6-12,14-16H2,1-3H3,(H2,45,48,50,52)(H2,46,49,51,53,54)/t20-,22?,23?,24?,25-/m1/s1. The Balaban J connectivity index is 0.913. The molecule has 0 amide bonds. The molecule has 322 valence electrons. The van der Waals surface area contributed by atoms with Crippen molar-refractivity contribution >= 4 is 35.0 Å². The lowest BCUT2D eigenvalue weighted by atomic mass is 9.92. The average molecular weight is 847 g/mol. The highest BCUT2D eigenvalue weighted by molar-refractivity contribution is 5.57. The molecule has 5 atom stereocenters. The summed E-state index contributed by atoms with van der Waals surface area (Å²) in [5.74, 6) is -0.760. The van der Waals surface area contributed by atoms with Crippen molar-refractivity contribution in [1.82, 2.24) is 39.5 Å². The van der Waals surface area contributed by atoms with Crippen LogP contribution in [0.25, 0.3) is 0 Å². The van der Waals surface area contributed by atoms with Crippen molar-refractivity contribution in [3.63, 3.8) is 0 Å². The fourth-order valence-electron chi connectivity index (χ4n) is 7.56. The van der Waals surface area contributed by atoms with Gasteiger partial charge in [0, 0.05) is 42.2 Å². The van der Waals surface area contributed by atoms with Gasteiger partial charge in [-0.1, -0.05) is 0 Å². The Bertz CT molecular complexity index is 2350. The lowest BCUT2D eigenvalue weighted by Gasteiger charge is -2.37. The molecule has 2 aliphatic heterocycles. The average Bonchev–Trinajstić information content (AvgIpc) is 4.09. The van der Waals surface area contributed by atoms with Crippen LogP contribution in [0, 0.1) is 0 Å². The number of hydrogen-bond donors (Lipinski definition) is 4. The summed E-state index contributed by atoms with van der Waals surface area (Å²) in [7, 11) is 0. The number of aromatic nitrogens is 8. The fourth-order valence-corrected chi connectivity index (χ4v) is 7.56. The molecule has 4 aromatic heterocycles. The Kier molecular flexibility index (Phi) is 10.7. The van der Waals surface area contributed by atoms with Crippen molar-refractivity contribution in [2.75, 3.05) is 27.9 Å². The molecule has 16 nitrogen and oxygen atoms in total. The second kappa shape index (κ2) is 15.6. The first-order valence-corrected chi connectivity index (χ1v) is 19.8. The smallest absolute Gasteiger partial charge is 0.378 e. The van der Waals surface area contributed by atoms with Crippen LogP contribution in [-0.2, 0) is 21.8 Å². The van der Waals surface area contributed by atoms with E-state index in [0.717, 1.165) is 0 Å². The predicted molar refractivity (Wildman–Crippen MR) is 205 cm³/mol. The molecule has 4 aliphatic rings. The lowest BCUT2D eigenvalue weighted by molar-refractivity contribution is -0.138. The molecule has 0 spiro atoms. The summed E-state index contributed by atoms with van der Waals surface area (Å²) in [6.07, 6.45) is -2.31. The molecule has 60 heavy (non-hydrogen) atoms. The van der Waals surface area contributed by atoms with Crippen molar-refractivity contribution < 1.29 is 35.8 Å². The SMILES string of the molecule is C[C@@H]1CC(n2nc(Nc3ncc(C(F)(F)F)c(NC4(C)CC4)n3)ccc2=O)C[C@H](CC2CC(n3ncc(Nc4ncc(C(F)(F)F)c(NC5(C)CC5)n4)cc3=O)CCO2)O1. The normalized spacial score (nSPS) is 24.6. The van der Waals surface area contributed by atoms with Crippen LogP contribution in [0.1, 0.15) is 102 Å². The Morgan fingerprint density at radius 3 is 1.95 bits per heavy atom. The fraction of sp³-hybridized carbons (Fsp3) is 0.579. The van der Waals surface area contributed by atoms with Crippen molar-refractivity contribution in [3.05, 3.63) is 68.6 Å². The molecule has 3 unspecified atom stereocenters. The molecule has 2 saturated heterocycles. The molecule has 22 heteroatoms. The molecule has 2 saturated carbocycles. The third-order valence-electron chi connectivity index (χ3n) is 11.3. The number of ether oxygens (including phenoxy) is 2. The van der Waals surface area contributed by atoms with Gasteiger partial charge in [-0.05, 0) is 84.6 Å². The van der Waals surface area contributed by atoms with Crippen LogP contribution in [-0.4, -0.2) is 75.5 Å². The summed E-state index contributed by atoms with van der Waals surface area (Å²) in [6.45, 7) is 5.86. The molecule has 4 aromatic rings. The van der Waals surface area contributed by atoms with Gasteiger partial charge in [0.1, 0.15) is 22.8 Å². The number of nitrogens with one attached hydrogen (secondary N) is 4. The van der Waals surface area contributed by atoms with Gasteiger partial charge in [-0.3, -0.25) is 9.59 Å². The van der Waals surface area contributed by atoms with Crippen molar-refractivity contribution in [2.24, 2.45) is 0 Å². The summed E-state index contributed by atoms with van der Waals surface area (Å²) in [6, 6.07) is 3.32. The first-order valence-electron chi connectivity index (χ1n) is 19.8. The van der Waals surface area contributed by atoms with Crippen LogP contribution in [0.15, 0.2) is 46.4 Å².